The minimum absolute atomic E-state index is 0.263. The van der Waals surface area contributed by atoms with Gasteiger partial charge in [-0.15, -0.1) is 0 Å². The Balaban J connectivity index is 5.59. The number of hydrogen-bond acceptors (Lipinski definition) is 7. The predicted molar refractivity (Wildman–Crippen MR) is 110 cm³/mol. The first-order chi connectivity index (χ1) is 14.2. The number of nitrogens with one attached hydrogen (secondary N) is 3. The standard InChI is InChI=1S/C19H34N4O8/c1-6-9(4)14(18(29)23-15(10(5)24)19(30)31)22-16(27)11(7-12(25)26)21-17(28)13(20)8(2)3/h8-11,13-15,24H,6-7,20H2,1-5H3,(H,21,28)(H,22,27)(H,23,29)(H,25,26)(H,30,31). The van der Waals surface area contributed by atoms with Gasteiger partial charge in [0.15, 0.2) is 6.04 Å². The fraction of sp³-hybridized carbons (Fsp3) is 0.737. The van der Waals surface area contributed by atoms with E-state index in [1.165, 1.54) is 6.92 Å². The first-order valence-electron chi connectivity index (χ1n) is 10.0. The Hall–Kier alpha value is -2.73. The lowest BCUT2D eigenvalue weighted by Crippen LogP contribution is -2.60. The second-order valence-electron chi connectivity index (χ2n) is 7.87. The zero-order valence-corrected chi connectivity index (χ0v) is 18.4. The zero-order valence-electron chi connectivity index (χ0n) is 18.4. The van der Waals surface area contributed by atoms with Crippen molar-refractivity contribution in [3.05, 3.63) is 0 Å². The van der Waals surface area contributed by atoms with E-state index < -0.39 is 72.3 Å². The molecule has 178 valence electrons. The molecule has 0 bridgehead atoms. The summed E-state index contributed by atoms with van der Waals surface area (Å²) < 4.78 is 0. The predicted octanol–water partition coefficient (Wildman–Crippen LogP) is -1.59. The number of nitrogens with two attached hydrogens (primary N) is 1. The highest BCUT2D eigenvalue weighted by Crippen LogP contribution is 2.10. The van der Waals surface area contributed by atoms with Crippen LogP contribution in [0.2, 0.25) is 0 Å². The number of carboxylic acids is 2. The Bertz CT molecular complexity index is 667. The maximum absolute atomic E-state index is 12.7. The van der Waals surface area contributed by atoms with Gasteiger partial charge in [0.1, 0.15) is 12.1 Å². The van der Waals surface area contributed by atoms with Crippen LogP contribution in [0.15, 0.2) is 0 Å². The molecule has 12 nitrogen and oxygen atoms in total. The van der Waals surface area contributed by atoms with Gasteiger partial charge in [-0.25, -0.2) is 4.79 Å². The van der Waals surface area contributed by atoms with E-state index in [0.29, 0.717) is 6.42 Å². The van der Waals surface area contributed by atoms with Crippen LogP contribution in [0.3, 0.4) is 0 Å². The van der Waals surface area contributed by atoms with Crippen molar-refractivity contribution < 1.29 is 39.3 Å². The van der Waals surface area contributed by atoms with Crippen molar-refractivity contribution in [3.8, 4) is 0 Å². The van der Waals surface area contributed by atoms with Gasteiger partial charge in [0.2, 0.25) is 17.7 Å². The van der Waals surface area contributed by atoms with Crippen LogP contribution in [0.1, 0.15) is 47.5 Å². The number of aliphatic carboxylic acids is 2. The molecule has 0 aliphatic carbocycles. The molecule has 0 spiro atoms. The van der Waals surface area contributed by atoms with Crippen molar-refractivity contribution >= 4 is 29.7 Å². The van der Waals surface area contributed by atoms with Crippen LogP contribution in [0.25, 0.3) is 0 Å². The monoisotopic (exact) mass is 446 g/mol. The number of rotatable bonds is 13. The van der Waals surface area contributed by atoms with Crippen LogP contribution in [0.5, 0.6) is 0 Å². The van der Waals surface area contributed by atoms with E-state index in [2.05, 4.69) is 16.0 Å². The van der Waals surface area contributed by atoms with E-state index in [-0.39, 0.29) is 5.92 Å². The van der Waals surface area contributed by atoms with Gasteiger partial charge in [-0.3, -0.25) is 19.2 Å². The third-order valence-electron chi connectivity index (χ3n) is 4.87. The summed E-state index contributed by atoms with van der Waals surface area (Å²) in [4.78, 5) is 60.0. The molecule has 0 heterocycles. The maximum Gasteiger partial charge on any atom is 0.328 e. The second-order valence-corrected chi connectivity index (χ2v) is 7.87. The summed E-state index contributed by atoms with van der Waals surface area (Å²) in [6.07, 6.45) is -1.73. The first-order valence-corrected chi connectivity index (χ1v) is 10.0. The Labute approximate surface area is 180 Å². The highest BCUT2D eigenvalue weighted by atomic mass is 16.4. The lowest BCUT2D eigenvalue weighted by molar-refractivity contribution is -0.146. The molecule has 0 aromatic heterocycles. The lowest BCUT2D eigenvalue weighted by atomic mass is 9.97. The van der Waals surface area contributed by atoms with Crippen LogP contribution in [0, 0.1) is 11.8 Å². The third-order valence-corrected chi connectivity index (χ3v) is 4.87. The SMILES string of the molecule is CCC(C)C(NC(=O)C(CC(=O)O)NC(=O)C(N)C(C)C)C(=O)NC(C(=O)O)C(C)O. The van der Waals surface area contributed by atoms with Crippen LogP contribution < -0.4 is 21.7 Å². The lowest BCUT2D eigenvalue weighted by Gasteiger charge is -2.28. The molecule has 0 saturated carbocycles. The van der Waals surface area contributed by atoms with Gasteiger partial charge in [-0.2, -0.15) is 0 Å². The van der Waals surface area contributed by atoms with E-state index in [4.69, 9.17) is 15.9 Å². The van der Waals surface area contributed by atoms with Crippen LogP contribution in [-0.2, 0) is 24.0 Å². The minimum atomic E-state index is -1.60. The highest BCUT2D eigenvalue weighted by molar-refractivity contribution is 5.95. The summed E-state index contributed by atoms with van der Waals surface area (Å²) >= 11 is 0. The number of aliphatic hydroxyl groups is 1. The van der Waals surface area contributed by atoms with Crippen LogP contribution in [0.4, 0.5) is 0 Å². The van der Waals surface area contributed by atoms with Crippen molar-refractivity contribution in [3.63, 3.8) is 0 Å². The summed E-state index contributed by atoms with van der Waals surface area (Å²) in [5.74, 6) is -6.07. The van der Waals surface area contributed by atoms with Crippen LogP contribution >= 0.6 is 0 Å². The quantitative estimate of drug-likeness (QED) is 0.174. The second kappa shape index (κ2) is 12.8. The van der Waals surface area contributed by atoms with E-state index in [9.17, 15) is 29.1 Å². The Morgan fingerprint density at radius 2 is 1.35 bits per heavy atom. The van der Waals surface area contributed by atoms with E-state index in [1.54, 1.807) is 27.7 Å². The zero-order chi connectivity index (χ0) is 24.5. The van der Waals surface area contributed by atoms with Crippen LogP contribution in [-0.4, -0.2) is 75.3 Å². The highest BCUT2D eigenvalue weighted by Gasteiger charge is 2.34. The molecule has 0 radical (unpaired) electrons. The molecule has 0 aromatic rings. The third kappa shape index (κ3) is 9.30. The Morgan fingerprint density at radius 1 is 0.839 bits per heavy atom. The molecule has 31 heavy (non-hydrogen) atoms. The van der Waals surface area contributed by atoms with E-state index in [0.717, 1.165) is 0 Å². The normalized spacial score (nSPS) is 16.9. The molecular formula is C19H34N4O8. The molecule has 0 saturated heterocycles. The van der Waals surface area contributed by atoms with Gasteiger partial charge in [-0.05, 0) is 18.8 Å². The summed E-state index contributed by atoms with van der Waals surface area (Å²) in [6, 6.07) is -5.30. The molecule has 0 fully saturated rings. The average molecular weight is 447 g/mol. The van der Waals surface area contributed by atoms with Gasteiger partial charge < -0.3 is 37.0 Å². The molecule has 12 heteroatoms. The Kier molecular flexibility index (Phi) is 11.7. The molecular weight excluding hydrogens is 412 g/mol. The number of amides is 3. The number of hydrogen-bond donors (Lipinski definition) is 7. The van der Waals surface area contributed by atoms with Gasteiger partial charge in [-0.1, -0.05) is 34.1 Å². The van der Waals surface area contributed by atoms with Gasteiger partial charge in [0, 0.05) is 0 Å². The molecule has 6 unspecified atom stereocenters. The molecule has 0 aliphatic rings. The average Bonchev–Trinajstić information content (AvgIpc) is 2.66. The maximum atomic E-state index is 12.7. The van der Waals surface area contributed by atoms with E-state index >= 15 is 0 Å². The van der Waals surface area contributed by atoms with Crippen molar-refractivity contribution in [2.24, 2.45) is 17.6 Å². The van der Waals surface area contributed by atoms with Gasteiger partial charge in [0.25, 0.3) is 0 Å². The van der Waals surface area contributed by atoms with Crippen molar-refractivity contribution in [2.75, 3.05) is 0 Å². The van der Waals surface area contributed by atoms with Gasteiger partial charge in [0.05, 0.1) is 18.6 Å². The first kappa shape index (κ1) is 28.3. The number of carbonyl (C=O) groups is 5. The number of carbonyl (C=O) groups excluding carboxylic acids is 3. The Morgan fingerprint density at radius 3 is 1.74 bits per heavy atom. The molecule has 6 atom stereocenters. The molecule has 8 N–H and O–H groups in total. The summed E-state index contributed by atoms with van der Waals surface area (Å²) in [6.45, 7) is 7.91. The summed E-state index contributed by atoms with van der Waals surface area (Å²) in [7, 11) is 0. The molecule has 3 amide bonds. The fourth-order valence-corrected chi connectivity index (χ4v) is 2.54. The van der Waals surface area contributed by atoms with Crippen molar-refractivity contribution in [2.45, 2.75) is 77.7 Å². The fourth-order valence-electron chi connectivity index (χ4n) is 2.54. The smallest absolute Gasteiger partial charge is 0.328 e. The van der Waals surface area contributed by atoms with Crippen molar-refractivity contribution in [1.82, 2.24) is 16.0 Å². The van der Waals surface area contributed by atoms with Crippen molar-refractivity contribution in [1.29, 1.82) is 0 Å². The minimum Gasteiger partial charge on any atom is -0.481 e. The largest absolute Gasteiger partial charge is 0.481 e. The molecule has 0 rings (SSSR count). The van der Waals surface area contributed by atoms with Gasteiger partial charge >= 0.3 is 11.9 Å². The molecule has 0 aromatic carbocycles. The number of carboxylic acid groups (broad SMARTS) is 2. The number of aliphatic hydroxyl groups excluding tert-OH is 1. The molecule has 0 aliphatic heterocycles. The van der Waals surface area contributed by atoms with E-state index in [1.807, 2.05) is 0 Å². The summed E-state index contributed by atoms with van der Waals surface area (Å²) in [5.41, 5.74) is 5.74. The summed E-state index contributed by atoms with van der Waals surface area (Å²) in [5, 5.41) is 34.6. The topological polar surface area (TPSA) is 208 Å².